The van der Waals surface area contributed by atoms with Crippen molar-refractivity contribution in [2.24, 2.45) is 11.1 Å². The fraction of sp³-hybridized carbons (Fsp3) is 0.929. The van der Waals surface area contributed by atoms with Gasteiger partial charge in [0, 0.05) is 18.0 Å². The van der Waals surface area contributed by atoms with Crippen molar-refractivity contribution in [1.29, 1.82) is 0 Å². The number of piperidine rings is 1. The van der Waals surface area contributed by atoms with Gasteiger partial charge in [-0.2, -0.15) is 0 Å². The Morgan fingerprint density at radius 2 is 2.06 bits per heavy atom. The summed E-state index contributed by atoms with van der Waals surface area (Å²) in [4.78, 5) is 14.2. The van der Waals surface area contributed by atoms with Crippen LogP contribution >= 0.6 is 0 Å². The smallest absolute Gasteiger partial charge is 0.410 e. The molecule has 1 amide bonds. The van der Waals surface area contributed by atoms with Gasteiger partial charge < -0.3 is 15.4 Å². The maximum absolute atomic E-state index is 12.3. The summed E-state index contributed by atoms with van der Waals surface area (Å²) in [5.41, 5.74) is 5.68. The second-order valence-electron chi connectivity index (χ2n) is 6.75. The molecule has 104 valence electrons. The molecule has 0 spiro atoms. The Morgan fingerprint density at radius 3 is 2.56 bits per heavy atom. The largest absolute Gasteiger partial charge is 0.444 e. The van der Waals surface area contributed by atoms with Gasteiger partial charge in [0.05, 0.1) is 0 Å². The molecule has 2 rings (SSSR count). The number of hydrogen-bond acceptors (Lipinski definition) is 3. The number of nitrogens with zero attached hydrogens (tertiary/aromatic N) is 1. The lowest BCUT2D eigenvalue weighted by Gasteiger charge is -2.41. The van der Waals surface area contributed by atoms with Crippen molar-refractivity contribution < 1.29 is 9.53 Å². The van der Waals surface area contributed by atoms with Gasteiger partial charge in [-0.15, -0.1) is 0 Å². The van der Waals surface area contributed by atoms with Crippen LogP contribution in [0.15, 0.2) is 0 Å². The van der Waals surface area contributed by atoms with Crippen LogP contribution < -0.4 is 5.73 Å². The van der Waals surface area contributed by atoms with E-state index in [-0.39, 0.29) is 11.5 Å². The standard InChI is InChI=1S/C14H26N2O2/c1-13(2,3)18-12(17)16-9-5-4-6-11(16)14(10-15)7-8-14/h11H,4-10,15H2,1-3H3. The van der Waals surface area contributed by atoms with Gasteiger partial charge in [0.15, 0.2) is 0 Å². The average Bonchev–Trinajstić information content (AvgIpc) is 3.07. The summed E-state index contributed by atoms with van der Waals surface area (Å²) in [6, 6.07) is 0.297. The van der Waals surface area contributed by atoms with E-state index in [0.717, 1.165) is 32.2 Å². The molecule has 18 heavy (non-hydrogen) atoms. The van der Waals surface area contributed by atoms with Crippen LogP contribution in [0.1, 0.15) is 52.9 Å². The van der Waals surface area contributed by atoms with Gasteiger partial charge >= 0.3 is 6.09 Å². The Bertz CT molecular complexity index is 318. The second kappa shape index (κ2) is 4.72. The van der Waals surface area contributed by atoms with Crippen molar-refractivity contribution in [3.05, 3.63) is 0 Å². The molecule has 0 aromatic carbocycles. The molecule has 2 N–H and O–H groups in total. The van der Waals surface area contributed by atoms with Crippen LogP contribution in [0.4, 0.5) is 4.79 Å². The van der Waals surface area contributed by atoms with Crippen LogP contribution in [0, 0.1) is 5.41 Å². The second-order valence-corrected chi connectivity index (χ2v) is 6.75. The molecule has 0 aromatic rings. The van der Waals surface area contributed by atoms with Crippen LogP contribution in [0.2, 0.25) is 0 Å². The number of carbonyl (C=O) groups is 1. The van der Waals surface area contributed by atoms with Gasteiger partial charge in [-0.05, 0) is 59.4 Å². The van der Waals surface area contributed by atoms with E-state index in [2.05, 4.69) is 0 Å². The molecule has 2 aliphatic rings. The van der Waals surface area contributed by atoms with Crippen LogP contribution in [0.25, 0.3) is 0 Å². The van der Waals surface area contributed by atoms with Crippen LogP contribution in [-0.2, 0) is 4.74 Å². The van der Waals surface area contributed by atoms with Crippen molar-refractivity contribution in [1.82, 2.24) is 4.90 Å². The average molecular weight is 254 g/mol. The maximum atomic E-state index is 12.3. The highest BCUT2D eigenvalue weighted by Crippen LogP contribution is 2.52. The molecule has 1 aliphatic carbocycles. The van der Waals surface area contributed by atoms with E-state index < -0.39 is 5.60 Å². The van der Waals surface area contributed by atoms with Gasteiger partial charge in [-0.3, -0.25) is 0 Å². The summed E-state index contributed by atoms with van der Waals surface area (Å²) in [6.45, 7) is 7.26. The van der Waals surface area contributed by atoms with Crippen LogP contribution in [0.5, 0.6) is 0 Å². The fourth-order valence-electron chi connectivity index (χ4n) is 2.94. The zero-order valence-corrected chi connectivity index (χ0v) is 11.9. The lowest BCUT2D eigenvalue weighted by molar-refractivity contribution is -0.000595. The zero-order chi connectivity index (χ0) is 13.4. The summed E-state index contributed by atoms with van der Waals surface area (Å²) < 4.78 is 5.52. The Morgan fingerprint density at radius 1 is 1.39 bits per heavy atom. The van der Waals surface area contributed by atoms with Gasteiger partial charge in [0.2, 0.25) is 0 Å². The number of amides is 1. The SMILES string of the molecule is CC(C)(C)OC(=O)N1CCCCC1C1(CN)CC1. The third kappa shape index (κ3) is 2.79. The van der Waals surface area contributed by atoms with E-state index in [1.807, 2.05) is 25.7 Å². The van der Waals surface area contributed by atoms with Gasteiger partial charge in [-0.1, -0.05) is 0 Å². The summed E-state index contributed by atoms with van der Waals surface area (Å²) in [6.07, 6.45) is 5.52. The third-order valence-corrected chi connectivity index (χ3v) is 4.14. The summed E-state index contributed by atoms with van der Waals surface area (Å²) in [5.74, 6) is 0. The third-order valence-electron chi connectivity index (χ3n) is 4.14. The lowest BCUT2D eigenvalue weighted by atomic mass is 9.88. The molecule has 1 saturated heterocycles. The van der Waals surface area contributed by atoms with Crippen LogP contribution in [0.3, 0.4) is 0 Å². The Kier molecular flexibility index (Phi) is 3.58. The first-order chi connectivity index (χ1) is 8.38. The number of nitrogens with two attached hydrogens (primary N) is 1. The molecule has 1 heterocycles. The Labute approximate surface area is 110 Å². The molecular formula is C14H26N2O2. The van der Waals surface area contributed by atoms with E-state index in [1.54, 1.807) is 0 Å². The molecule has 4 nitrogen and oxygen atoms in total. The van der Waals surface area contributed by atoms with Crippen LogP contribution in [-0.4, -0.2) is 35.7 Å². The van der Waals surface area contributed by atoms with Crippen molar-refractivity contribution >= 4 is 6.09 Å². The minimum Gasteiger partial charge on any atom is -0.444 e. The minimum atomic E-state index is -0.418. The first kappa shape index (κ1) is 13.7. The Hall–Kier alpha value is -0.770. The Balaban J connectivity index is 2.06. The summed E-state index contributed by atoms with van der Waals surface area (Å²) in [5, 5.41) is 0. The molecule has 1 aliphatic heterocycles. The normalized spacial score (nSPS) is 26.9. The number of rotatable bonds is 2. The van der Waals surface area contributed by atoms with E-state index in [9.17, 15) is 4.79 Å². The molecule has 1 saturated carbocycles. The predicted molar refractivity (Wildman–Crippen MR) is 71.3 cm³/mol. The van der Waals surface area contributed by atoms with E-state index in [4.69, 9.17) is 10.5 Å². The molecule has 1 atom stereocenters. The first-order valence-corrected chi connectivity index (χ1v) is 7.08. The van der Waals surface area contributed by atoms with E-state index in [0.29, 0.717) is 12.6 Å². The maximum Gasteiger partial charge on any atom is 0.410 e. The fourth-order valence-corrected chi connectivity index (χ4v) is 2.94. The minimum absolute atomic E-state index is 0.160. The molecule has 2 fully saturated rings. The molecule has 0 aromatic heterocycles. The number of hydrogen-bond donors (Lipinski definition) is 1. The van der Waals surface area contributed by atoms with E-state index >= 15 is 0 Å². The highest BCUT2D eigenvalue weighted by Gasteiger charge is 2.52. The lowest BCUT2D eigenvalue weighted by Crippen LogP contribution is -2.51. The molecule has 4 heteroatoms. The van der Waals surface area contributed by atoms with Gasteiger partial charge in [0.25, 0.3) is 0 Å². The summed E-state index contributed by atoms with van der Waals surface area (Å²) in [7, 11) is 0. The molecule has 0 bridgehead atoms. The zero-order valence-electron chi connectivity index (χ0n) is 11.9. The van der Waals surface area contributed by atoms with Crippen molar-refractivity contribution in [2.75, 3.05) is 13.1 Å². The van der Waals surface area contributed by atoms with Gasteiger partial charge in [-0.25, -0.2) is 4.79 Å². The monoisotopic (exact) mass is 254 g/mol. The summed E-state index contributed by atoms with van der Waals surface area (Å²) >= 11 is 0. The topological polar surface area (TPSA) is 55.6 Å². The van der Waals surface area contributed by atoms with Crippen molar-refractivity contribution in [3.63, 3.8) is 0 Å². The van der Waals surface area contributed by atoms with Crippen molar-refractivity contribution in [2.45, 2.75) is 64.5 Å². The quantitative estimate of drug-likeness (QED) is 0.823. The number of ether oxygens (including phenoxy) is 1. The molecule has 1 unspecified atom stereocenters. The number of likely N-dealkylation sites (tertiary alicyclic amines) is 1. The molecule has 0 radical (unpaired) electrons. The highest BCUT2D eigenvalue weighted by molar-refractivity contribution is 5.69. The van der Waals surface area contributed by atoms with Crippen molar-refractivity contribution in [3.8, 4) is 0 Å². The highest BCUT2D eigenvalue weighted by atomic mass is 16.6. The van der Waals surface area contributed by atoms with Gasteiger partial charge in [0.1, 0.15) is 5.60 Å². The predicted octanol–water partition coefficient (Wildman–Crippen LogP) is 2.51. The molecular weight excluding hydrogens is 228 g/mol. The first-order valence-electron chi connectivity index (χ1n) is 7.08. The van der Waals surface area contributed by atoms with E-state index in [1.165, 1.54) is 6.42 Å². The number of carbonyl (C=O) groups excluding carboxylic acids is 1.